The first-order valence-electron chi connectivity index (χ1n) is 6.25. The lowest BCUT2D eigenvalue weighted by Gasteiger charge is -2.22. The lowest BCUT2D eigenvalue weighted by atomic mass is 10.1. The van der Waals surface area contributed by atoms with E-state index in [0.29, 0.717) is 14.8 Å². The van der Waals surface area contributed by atoms with Gasteiger partial charge in [0.2, 0.25) is 0 Å². The molecule has 0 bridgehead atoms. The molecule has 21 heavy (non-hydrogen) atoms. The Hall–Kier alpha value is -1.37. The Morgan fingerprint density at radius 3 is 2.81 bits per heavy atom. The van der Waals surface area contributed by atoms with Gasteiger partial charge in [-0.2, -0.15) is 0 Å². The van der Waals surface area contributed by atoms with E-state index in [1.165, 1.54) is 0 Å². The fraction of sp³-hybridized carbons (Fsp3) is 0.214. The van der Waals surface area contributed by atoms with Crippen LogP contribution < -0.4 is 0 Å². The first kappa shape index (κ1) is 14.6. The van der Waals surface area contributed by atoms with E-state index in [1.54, 1.807) is 35.7 Å². The average Bonchev–Trinajstić information content (AvgIpc) is 2.93. The van der Waals surface area contributed by atoms with Gasteiger partial charge in [-0.1, -0.05) is 23.7 Å². The van der Waals surface area contributed by atoms with Crippen molar-refractivity contribution in [3.05, 3.63) is 51.9 Å². The molecule has 0 N–H and O–H groups in total. The Morgan fingerprint density at radius 1 is 1.29 bits per heavy atom. The number of ether oxygens (including phenoxy) is 1. The van der Waals surface area contributed by atoms with Crippen LogP contribution >= 0.6 is 22.9 Å². The third-order valence-electron chi connectivity index (χ3n) is 3.28. The van der Waals surface area contributed by atoms with Crippen LogP contribution in [0.15, 0.2) is 39.9 Å². The van der Waals surface area contributed by atoms with Gasteiger partial charge in [0, 0.05) is 12.0 Å². The lowest BCUT2D eigenvalue weighted by molar-refractivity contribution is 0.0280. The van der Waals surface area contributed by atoms with Crippen LogP contribution in [0.25, 0.3) is 0 Å². The van der Waals surface area contributed by atoms with Gasteiger partial charge < -0.3 is 4.74 Å². The number of hydrogen-bond donors (Lipinski definition) is 0. The van der Waals surface area contributed by atoms with Crippen molar-refractivity contribution in [3.8, 4) is 0 Å². The van der Waals surface area contributed by atoms with E-state index in [9.17, 15) is 13.2 Å². The van der Waals surface area contributed by atoms with Gasteiger partial charge in [-0.3, -0.25) is 0 Å². The summed E-state index contributed by atoms with van der Waals surface area (Å²) >= 11 is 7.12. The zero-order valence-corrected chi connectivity index (χ0v) is 13.2. The van der Waals surface area contributed by atoms with Crippen molar-refractivity contribution in [1.82, 2.24) is 0 Å². The van der Waals surface area contributed by atoms with Crippen LogP contribution in [0.3, 0.4) is 0 Å². The maximum atomic E-state index is 12.2. The summed E-state index contributed by atoms with van der Waals surface area (Å²) in [5, 5.41) is 2.01. The SMILES string of the molecule is O=C(OC1CCS(=O)(=O)c2sccc21)c1ccccc1Cl. The number of sulfone groups is 1. The molecule has 1 aromatic carbocycles. The van der Waals surface area contributed by atoms with Gasteiger partial charge in [0.1, 0.15) is 10.3 Å². The van der Waals surface area contributed by atoms with Gasteiger partial charge in [0.25, 0.3) is 0 Å². The second kappa shape index (κ2) is 5.44. The van der Waals surface area contributed by atoms with Gasteiger partial charge >= 0.3 is 5.97 Å². The standard InChI is InChI=1S/C14H11ClO4S2/c15-11-4-2-1-3-9(11)13(16)19-12-6-8-21(17,18)14-10(12)5-7-20-14/h1-5,7,12H,6,8H2. The molecule has 110 valence electrons. The van der Waals surface area contributed by atoms with E-state index in [1.807, 2.05) is 0 Å². The number of fused-ring (bicyclic) bond motifs is 1. The van der Waals surface area contributed by atoms with Crippen LogP contribution in [0.2, 0.25) is 5.02 Å². The maximum absolute atomic E-state index is 12.2. The number of thiophene rings is 1. The molecular weight excluding hydrogens is 332 g/mol. The molecular formula is C14H11ClO4S2. The largest absolute Gasteiger partial charge is 0.454 e. The minimum absolute atomic E-state index is 0.0129. The summed E-state index contributed by atoms with van der Waals surface area (Å²) < 4.78 is 29.6. The highest BCUT2D eigenvalue weighted by Crippen LogP contribution is 2.38. The summed E-state index contributed by atoms with van der Waals surface area (Å²) in [6, 6.07) is 8.31. The van der Waals surface area contributed by atoms with Crippen LogP contribution in [-0.4, -0.2) is 20.1 Å². The summed E-state index contributed by atoms with van der Waals surface area (Å²) in [7, 11) is -3.24. The van der Waals surface area contributed by atoms with Crippen LogP contribution in [0.1, 0.15) is 28.4 Å². The minimum atomic E-state index is -3.24. The molecule has 1 aliphatic rings. The highest BCUT2D eigenvalue weighted by atomic mass is 35.5. The number of hydrogen-bond acceptors (Lipinski definition) is 5. The highest BCUT2D eigenvalue weighted by Gasteiger charge is 2.34. The monoisotopic (exact) mass is 342 g/mol. The molecule has 4 nitrogen and oxygen atoms in total. The third-order valence-corrected chi connectivity index (χ3v) is 6.96. The summed E-state index contributed by atoms with van der Waals surface area (Å²) in [5.74, 6) is -0.553. The van der Waals surface area contributed by atoms with E-state index in [0.717, 1.165) is 11.3 Å². The van der Waals surface area contributed by atoms with Gasteiger partial charge in [-0.25, -0.2) is 13.2 Å². The van der Waals surface area contributed by atoms with Gasteiger partial charge in [0.05, 0.1) is 16.3 Å². The van der Waals surface area contributed by atoms with Gasteiger partial charge in [-0.05, 0) is 23.6 Å². The molecule has 1 unspecified atom stereocenters. The predicted octanol–water partition coefficient (Wildman–Crippen LogP) is 3.48. The van der Waals surface area contributed by atoms with Gasteiger partial charge in [0.15, 0.2) is 9.84 Å². The Balaban J connectivity index is 1.88. The zero-order valence-electron chi connectivity index (χ0n) is 10.8. The van der Waals surface area contributed by atoms with Crippen molar-refractivity contribution in [1.29, 1.82) is 0 Å². The Morgan fingerprint density at radius 2 is 2.05 bits per heavy atom. The molecule has 0 saturated heterocycles. The van der Waals surface area contributed by atoms with Crippen molar-refractivity contribution < 1.29 is 17.9 Å². The number of rotatable bonds is 2. The van der Waals surface area contributed by atoms with Crippen LogP contribution in [0.4, 0.5) is 0 Å². The van der Waals surface area contributed by atoms with E-state index in [2.05, 4.69) is 0 Å². The van der Waals surface area contributed by atoms with Crippen LogP contribution in [-0.2, 0) is 14.6 Å². The maximum Gasteiger partial charge on any atom is 0.340 e. The number of benzene rings is 1. The number of esters is 1. The van der Waals surface area contributed by atoms with E-state index in [4.69, 9.17) is 16.3 Å². The smallest absolute Gasteiger partial charge is 0.340 e. The molecule has 1 aromatic heterocycles. The third kappa shape index (κ3) is 2.71. The molecule has 0 spiro atoms. The predicted molar refractivity (Wildman–Crippen MR) is 80.6 cm³/mol. The highest BCUT2D eigenvalue weighted by molar-refractivity contribution is 7.93. The summed E-state index contributed by atoms with van der Waals surface area (Å²) in [6.45, 7) is 0. The normalized spacial score (nSPS) is 19.8. The number of halogens is 1. The van der Waals surface area contributed by atoms with Crippen molar-refractivity contribution >= 4 is 38.7 Å². The number of carbonyl (C=O) groups is 1. The summed E-state index contributed by atoms with van der Waals surface area (Å²) in [5.41, 5.74) is 0.844. The van der Waals surface area contributed by atoms with Crippen LogP contribution in [0, 0.1) is 0 Å². The van der Waals surface area contributed by atoms with E-state index in [-0.39, 0.29) is 17.7 Å². The van der Waals surface area contributed by atoms with E-state index < -0.39 is 21.9 Å². The molecule has 1 aliphatic heterocycles. The summed E-state index contributed by atoms with van der Waals surface area (Å²) in [4.78, 5) is 12.2. The molecule has 1 atom stereocenters. The molecule has 0 amide bonds. The molecule has 7 heteroatoms. The van der Waals surface area contributed by atoms with E-state index >= 15 is 0 Å². The Labute approximate surface area is 131 Å². The molecule has 0 saturated carbocycles. The molecule has 0 fully saturated rings. The van der Waals surface area contributed by atoms with Crippen molar-refractivity contribution in [3.63, 3.8) is 0 Å². The first-order chi connectivity index (χ1) is 9.99. The topological polar surface area (TPSA) is 60.4 Å². The molecule has 2 aromatic rings. The zero-order chi connectivity index (χ0) is 15.0. The average molecular weight is 343 g/mol. The lowest BCUT2D eigenvalue weighted by Crippen LogP contribution is -2.22. The van der Waals surface area contributed by atoms with Crippen LogP contribution in [0.5, 0.6) is 0 Å². The quantitative estimate of drug-likeness (QED) is 0.784. The number of carbonyl (C=O) groups excluding carboxylic acids is 1. The molecule has 3 rings (SSSR count). The van der Waals surface area contributed by atoms with Gasteiger partial charge in [-0.15, -0.1) is 11.3 Å². The Kier molecular flexibility index (Phi) is 3.77. The fourth-order valence-electron chi connectivity index (χ4n) is 2.25. The minimum Gasteiger partial charge on any atom is -0.454 e. The molecule has 0 aliphatic carbocycles. The second-order valence-electron chi connectivity index (χ2n) is 4.64. The van der Waals surface area contributed by atoms with Crippen molar-refractivity contribution in [2.24, 2.45) is 0 Å². The second-order valence-corrected chi connectivity index (χ2v) is 8.27. The molecule has 0 radical (unpaired) electrons. The Bertz CT molecular complexity index is 795. The molecule has 2 heterocycles. The van der Waals surface area contributed by atoms with Crippen molar-refractivity contribution in [2.75, 3.05) is 5.75 Å². The summed E-state index contributed by atoms with van der Waals surface area (Å²) in [6.07, 6.45) is -0.277. The van der Waals surface area contributed by atoms with Crippen molar-refractivity contribution in [2.45, 2.75) is 16.7 Å². The first-order valence-corrected chi connectivity index (χ1v) is 9.16. The fourth-order valence-corrected chi connectivity index (χ4v) is 5.41.